The first-order valence-electron chi connectivity index (χ1n) is 10.5. The molecule has 0 radical (unpaired) electrons. The molecule has 198 valence electrons. The number of carboxylic acids is 2. The van der Waals surface area contributed by atoms with Crippen molar-refractivity contribution in [3.05, 3.63) is 0 Å². The zero-order valence-electron chi connectivity index (χ0n) is 19.7. The molecule has 0 rings (SSSR count). The monoisotopic (exact) mass is 496 g/mol. The van der Waals surface area contributed by atoms with E-state index in [1.54, 1.807) is 0 Å². The van der Waals surface area contributed by atoms with Crippen molar-refractivity contribution in [2.75, 3.05) is 13.2 Å². The van der Waals surface area contributed by atoms with Crippen molar-refractivity contribution in [2.24, 2.45) is 10.8 Å². The van der Waals surface area contributed by atoms with Gasteiger partial charge in [-0.05, 0) is 26.7 Å². The van der Waals surface area contributed by atoms with Crippen molar-refractivity contribution in [2.45, 2.75) is 77.8 Å². The number of aliphatic hydroxyl groups excluding tert-OH is 6. The predicted molar refractivity (Wildman–Crippen MR) is 115 cm³/mol. The second kappa shape index (κ2) is 14.9. The van der Waals surface area contributed by atoms with E-state index < -0.39 is 77.7 Å². The first-order chi connectivity index (χ1) is 15.5. The van der Waals surface area contributed by atoms with E-state index in [9.17, 15) is 24.0 Å². The normalized spacial score (nSPS) is 18.1. The summed E-state index contributed by atoms with van der Waals surface area (Å²) in [5.74, 6) is -5.31. The summed E-state index contributed by atoms with van der Waals surface area (Å²) in [6, 6.07) is 0. The molecule has 0 amide bonds. The number of carboxylic acid groups (broad SMARTS) is 2. The molecule has 34 heavy (non-hydrogen) atoms. The van der Waals surface area contributed by atoms with Gasteiger partial charge in [-0.1, -0.05) is 26.7 Å². The zero-order valence-corrected chi connectivity index (χ0v) is 19.7. The van der Waals surface area contributed by atoms with Crippen molar-refractivity contribution >= 4 is 29.3 Å². The van der Waals surface area contributed by atoms with Crippen LogP contribution in [0.15, 0.2) is 0 Å². The minimum atomic E-state index is -2.36. The first-order valence-corrected chi connectivity index (χ1v) is 10.5. The van der Waals surface area contributed by atoms with Crippen molar-refractivity contribution in [1.29, 1.82) is 0 Å². The Balaban J connectivity index is 0. The van der Waals surface area contributed by atoms with Gasteiger partial charge in [0, 0.05) is 0 Å². The number of aliphatic hydroxyl groups is 6. The Bertz CT molecular complexity index is 663. The summed E-state index contributed by atoms with van der Waals surface area (Å²) in [7, 11) is 0. The summed E-state index contributed by atoms with van der Waals surface area (Å²) in [5, 5.41) is 69.7. The van der Waals surface area contributed by atoms with Crippen LogP contribution in [0.1, 0.15) is 53.4 Å². The van der Waals surface area contributed by atoms with E-state index in [4.69, 9.17) is 40.9 Å². The highest BCUT2D eigenvalue weighted by atomic mass is 16.4. The van der Waals surface area contributed by atoms with Gasteiger partial charge < -0.3 is 40.9 Å². The fraction of sp³-hybridized carbons (Fsp3) is 0.762. The van der Waals surface area contributed by atoms with Crippen LogP contribution in [0.4, 0.5) is 0 Å². The van der Waals surface area contributed by atoms with Crippen LogP contribution in [-0.4, -0.2) is 108 Å². The summed E-state index contributed by atoms with van der Waals surface area (Å²) >= 11 is 0. The average molecular weight is 497 g/mol. The van der Waals surface area contributed by atoms with Crippen LogP contribution in [-0.2, 0) is 24.0 Å². The number of carbonyl (C=O) groups excluding carboxylic acids is 3. The highest BCUT2D eigenvalue weighted by Crippen LogP contribution is 2.38. The molecule has 0 aliphatic rings. The second-order valence-corrected chi connectivity index (χ2v) is 8.20. The Morgan fingerprint density at radius 1 is 0.647 bits per heavy atom. The van der Waals surface area contributed by atoms with Gasteiger partial charge in [-0.3, -0.25) is 14.4 Å². The topological polar surface area (TPSA) is 247 Å². The fourth-order valence-electron chi connectivity index (χ4n) is 3.38. The van der Waals surface area contributed by atoms with Crippen LogP contribution in [0.2, 0.25) is 0 Å². The Morgan fingerprint density at radius 3 is 1.09 bits per heavy atom. The van der Waals surface area contributed by atoms with Crippen LogP contribution >= 0.6 is 0 Å². The molecule has 0 aromatic rings. The highest BCUT2D eigenvalue weighted by Gasteiger charge is 2.51. The van der Waals surface area contributed by atoms with E-state index >= 15 is 0 Å². The third-order valence-electron chi connectivity index (χ3n) is 5.52. The van der Waals surface area contributed by atoms with E-state index in [0.717, 1.165) is 0 Å². The number of rotatable bonds is 15. The molecule has 0 aliphatic carbocycles. The lowest BCUT2D eigenvalue weighted by atomic mass is 9.64. The van der Waals surface area contributed by atoms with Gasteiger partial charge in [0.1, 0.15) is 25.4 Å². The Kier molecular flexibility index (Phi) is 14.8. The van der Waals surface area contributed by atoms with Gasteiger partial charge in [-0.15, -0.1) is 0 Å². The molecule has 0 saturated carbocycles. The summed E-state index contributed by atoms with van der Waals surface area (Å²) < 4.78 is 0. The zero-order chi connectivity index (χ0) is 27.4. The Labute approximate surface area is 196 Å². The van der Waals surface area contributed by atoms with E-state index in [1.165, 1.54) is 13.8 Å². The quantitative estimate of drug-likeness (QED) is 0.113. The molecule has 0 aliphatic heterocycles. The number of carbonyl (C=O) groups is 5. The largest absolute Gasteiger partial charge is 0.479 e. The first kappa shape index (κ1) is 33.9. The number of hydrogen-bond acceptors (Lipinski definition) is 11. The van der Waals surface area contributed by atoms with Gasteiger partial charge in [-0.2, -0.15) is 0 Å². The van der Waals surface area contributed by atoms with Crippen molar-refractivity contribution in [3.63, 3.8) is 0 Å². The van der Waals surface area contributed by atoms with Gasteiger partial charge in [0.2, 0.25) is 0 Å². The molecule has 0 heterocycles. The predicted octanol–water partition coefficient (Wildman–Crippen LogP) is -2.11. The molecule has 6 atom stereocenters. The third-order valence-corrected chi connectivity index (χ3v) is 5.52. The van der Waals surface area contributed by atoms with Crippen LogP contribution in [0.25, 0.3) is 0 Å². The molecule has 6 unspecified atom stereocenters. The lowest BCUT2D eigenvalue weighted by molar-refractivity contribution is -0.172. The molecule has 0 fully saturated rings. The van der Waals surface area contributed by atoms with Crippen LogP contribution in [0.3, 0.4) is 0 Å². The summed E-state index contributed by atoms with van der Waals surface area (Å²) in [4.78, 5) is 56.9. The van der Waals surface area contributed by atoms with Crippen molar-refractivity contribution in [3.8, 4) is 0 Å². The van der Waals surface area contributed by atoms with E-state index in [0.29, 0.717) is 12.8 Å². The molecule has 13 nitrogen and oxygen atoms in total. The van der Waals surface area contributed by atoms with E-state index in [1.807, 2.05) is 13.8 Å². The molecule has 0 spiro atoms. The maximum Gasteiger partial charge on any atom is 0.335 e. The van der Waals surface area contributed by atoms with Crippen molar-refractivity contribution < 1.29 is 64.8 Å². The SMILES string of the molecule is CCCC(C)(C(=O)CO)C(=O)C(C)(CCC)C(=O)CO.O=C(O)C(O)C(O)C(O)C(O)C(=O)O. The number of Topliss-reactive ketones (excluding diaryl/α,β-unsaturated/α-hetero) is 3. The number of hydrogen-bond donors (Lipinski definition) is 8. The molecule has 0 saturated heterocycles. The molecule has 0 bridgehead atoms. The minimum absolute atomic E-state index is 0.281. The van der Waals surface area contributed by atoms with Gasteiger partial charge in [0.15, 0.2) is 29.6 Å². The maximum absolute atomic E-state index is 12.8. The lowest BCUT2D eigenvalue weighted by Crippen LogP contribution is -2.50. The van der Waals surface area contributed by atoms with Crippen LogP contribution in [0, 0.1) is 10.8 Å². The molecule has 13 heteroatoms. The smallest absolute Gasteiger partial charge is 0.335 e. The fourth-order valence-corrected chi connectivity index (χ4v) is 3.38. The molecular weight excluding hydrogens is 460 g/mol. The lowest BCUT2D eigenvalue weighted by Gasteiger charge is -2.35. The standard InChI is InChI=1S/C15H26O5.C6H10O8/c1-5-7-14(3,11(18)9-16)13(20)15(4,8-6-2)12(19)10-17;7-1(3(9)5(11)12)2(8)4(10)6(13)14/h16-17H,5-10H2,1-4H3;1-4,7-10H,(H,11,12)(H,13,14). The number of aliphatic carboxylic acids is 2. The van der Waals surface area contributed by atoms with Gasteiger partial charge >= 0.3 is 11.9 Å². The Hall–Kier alpha value is -2.29. The Morgan fingerprint density at radius 2 is 0.912 bits per heavy atom. The maximum atomic E-state index is 12.8. The summed E-state index contributed by atoms with van der Waals surface area (Å²) in [6.07, 6.45) is -7.55. The molecule has 0 aromatic heterocycles. The van der Waals surface area contributed by atoms with Gasteiger partial charge in [-0.25, -0.2) is 9.59 Å². The van der Waals surface area contributed by atoms with Crippen LogP contribution < -0.4 is 0 Å². The number of ketones is 3. The molecule has 0 aromatic carbocycles. The van der Waals surface area contributed by atoms with Gasteiger partial charge in [0.25, 0.3) is 0 Å². The molecular formula is C21H36O13. The molecule has 8 N–H and O–H groups in total. The minimum Gasteiger partial charge on any atom is -0.479 e. The summed E-state index contributed by atoms with van der Waals surface area (Å²) in [6.45, 7) is 5.18. The van der Waals surface area contributed by atoms with E-state index in [-0.39, 0.29) is 12.8 Å². The highest BCUT2D eigenvalue weighted by molar-refractivity contribution is 6.17. The van der Waals surface area contributed by atoms with Crippen molar-refractivity contribution in [1.82, 2.24) is 0 Å². The van der Waals surface area contributed by atoms with Crippen LogP contribution in [0.5, 0.6) is 0 Å². The third kappa shape index (κ3) is 8.49. The van der Waals surface area contributed by atoms with Gasteiger partial charge in [0.05, 0.1) is 10.8 Å². The average Bonchev–Trinajstić information content (AvgIpc) is 2.80. The second-order valence-electron chi connectivity index (χ2n) is 8.20. The summed E-state index contributed by atoms with van der Waals surface area (Å²) in [5.41, 5.74) is -2.75. The van der Waals surface area contributed by atoms with E-state index in [2.05, 4.69) is 0 Å².